The molecular weight excluding hydrogens is 609 g/mol. The van der Waals surface area contributed by atoms with E-state index in [1.54, 1.807) is 6.07 Å². The number of anilines is 2. The van der Waals surface area contributed by atoms with E-state index in [2.05, 4.69) is 5.32 Å². The zero-order valence-electron chi connectivity index (χ0n) is 22.0. The molecule has 43 heavy (non-hydrogen) atoms. The Balaban J connectivity index is 1.24. The Morgan fingerprint density at radius 3 is 2.44 bits per heavy atom. The molecule has 10 nitrogen and oxygen atoms in total. The summed E-state index contributed by atoms with van der Waals surface area (Å²) in [7, 11) is 0. The highest BCUT2D eigenvalue weighted by atomic mass is 32.2. The van der Waals surface area contributed by atoms with Crippen molar-refractivity contribution in [3.8, 4) is 0 Å². The van der Waals surface area contributed by atoms with Crippen LogP contribution in [0.2, 0.25) is 0 Å². The molecule has 2 aliphatic heterocycles. The molecule has 0 unspecified atom stereocenters. The number of imide groups is 1. The van der Waals surface area contributed by atoms with Crippen LogP contribution in [0.1, 0.15) is 15.7 Å². The fourth-order valence-electron chi connectivity index (χ4n) is 5.68. The Labute approximate surface area is 255 Å². The number of amides is 3. The zero-order chi connectivity index (χ0) is 29.8. The number of benzene rings is 3. The molecule has 3 aromatic carbocycles. The molecule has 214 valence electrons. The number of carbonyl (C=O) groups is 3. The first-order valence-electron chi connectivity index (χ1n) is 13.2. The molecular formula is C30H20N4O6S3. The van der Waals surface area contributed by atoms with Crippen LogP contribution in [0.5, 0.6) is 0 Å². The lowest BCUT2D eigenvalue weighted by atomic mass is 9.87. The number of carbonyl (C=O) groups excluding carboxylic acids is 3. The predicted molar refractivity (Wildman–Crippen MR) is 166 cm³/mol. The van der Waals surface area contributed by atoms with Crippen LogP contribution in [0.3, 0.4) is 0 Å². The number of rotatable bonds is 6. The van der Waals surface area contributed by atoms with E-state index in [-0.39, 0.29) is 22.8 Å². The van der Waals surface area contributed by atoms with Gasteiger partial charge in [-0.15, -0.1) is 11.3 Å². The molecule has 1 saturated heterocycles. The number of fused-ring (bicyclic) bond motifs is 3. The van der Waals surface area contributed by atoms with Crippen molar-refractivity contribution in [1.29, 1.82) is 0 Å². The highest BCUT2D eigenvalue weighted by Crippen LogP contribution is 2.54. The largest absolute Gasteiger partial charge is 0.324 e. The quantitative estimate of drug-likeness (QED) is 0.150. The molecule has 3 atom stereocenters. The van der Waals surface area contributed by atoms with Gasteiger partial charge in [0.15, 0.2) is 0 Å². The zero-order valence-corrected chi connectivity index (χ0v) is 24.5. The van der Waals surface area contributed by atoms with Crippen molar-refractivity contribution in [1.82, 2.24) is 4.57 Å². The van der Waals surface area contributed by atoms with E-state index in [1.165, 1.54) is 40.2 Å². The number of nitro benzene ring substituents is 1. The van der Waals surface area contributed by atoms with Gasteiger partial charge in [0, 0.05) is 38.9 Å². The van der Waals surface area contributed by atoms with Gasteiger partial charge in [-0.3, -0.25) is 33.9 Å². The number of thiazole rings is 1. The highest BCUT2D eigenvalue weighted by Gasteiger charge is 2.57. The average molecular weight is 629 g/mol. The minimum atomic E-state index is -0.844. The number of nitrogens with zero attached hydrogens (tertiary/aromatic N) is 3. The molecule has 1 fully saturated rings. The van der Waals surface area contributed by atoms with Gasteiger partial charge in [-0.2, -0.15) is 0 Å². The van der Waals surface area contributed by atoms with Crippen LogP contribution in [-0.2, 0) is 20.9 Å². The van der Waals surface area contributed by atoms with E-state index in [0.717, 1.165) is 43.6 Å². The molecule has 2 aliphatic rings. The molecule has 13 heteroatoms. The second kappa shape index (κ2) is 10.6. The fraction of sp³-hybridized carbons (Fsp3) is 0.133. The van der Waals surface area contributed by atoms with Gasteiger partial charge in [0.25, 0.3) is 5.69 Å². The van der Waals surface area contributed by atoms with Crippen molar-refractivity contribution < 1.29 is 19.3 Å². The first-order chi connectivity index (χ1) is 20.8. The summed E-state index contributed by atoms with van der Waals surface area (Å²) in [5, 5.41) is 17.4. The molecule has 0 bridgehead atoms. The summed E-state index contributed by atoms with van der Waals surface area (Å²) in [6.45, 7) is -0.260. The van der Waals surface area contributed by atoms with Gasteiger partial charge in [-0.25, -0.2) is 4.90 Å². The van der Waals surface area contributed by atoms with Gasteiger partial charge >= 0.3 is 4.87 Å². The lowest BCUT2D eigenvalue weighted by molar-refractivity contribution is -0.384. The third-order valence-corrected chi connectivity index (χ3v) is 11.1. The second-order valence-corrected chi connectivity index (χ2v) is 13.1. The van der Waals surface area contributed by atoms with Gasteiger partial charge in [0.1, 0.15) is 11.8 Å². The van der Waals surface area contributed by atoms with Gasteiger partial charge in [0.2, 0.25) is 17.7 Å². The Morgan fingerprint density at radius 2 is 1.70 bits per heavy atom. The number of thioether (sulfide) groups is 1. The van der Waals surface area contributed by atoms with E-state index < -0.39 is 39.7 Å². The number of aromatic nitrogens is 1. The van der Waals surface area contributed by atoms with Gasteiger partial charge < -0.3 is 5.32 Å². The van der Waals surface area contributed by atoms with E-state index in [1.807, 2.05) is 53.9 Å². The maximum atomic E-state index is 13.9. The molecule has 3 amide bonds. The molecule has 0 radical (unpaired) electrons. The number of nitrogens with one attached hydrogen (secondary N) is 1. The lowest BCUT2D eigenvalue weighted by Gasteiger charge is -2.29. The Hall–Kier alpha value is -4.59. The molecule has 0 spiro atoms. The van der Waals surface area contributed by atoms with Gasteiger partial charge in [-0.1, -0.05) is 65.6 Å². The summed E-state index contributed by atoms with van der Waals surface area (Å²) in [5.74, 6) is -2.63. The van der Waals surface area contributed by atoms with E-state index in [4.69, 9.17) is 0 Å². The number of hydrogen-bond acceptors (Lipinski definition) is 9. The topological polar surface area (TPSA) is 132 Å². The molecule has 0 saturated carbocycles. The third kappa shape index (κ3) is 4.56. The van der Waals surface area contributed by atoms with Crippen molar-refractivity contribution in [3.05, 3.63) is 114 Å². The summed E-state index contributed by atoms with van der Waals surface area (Å²) in [4.78, 5) is 67.1. The van der Waals surface area contributed by atoms with Crippen LogP contribution in [0.4, 0.5) is 17.1 Å². The third-order valence-electron chi connectivity index (χ3n) is 7.58. The molecule has 0 aliphatic carbocycles. The van der Waals surface area contributed by atoms with Crippen LogP contribution in [0.15, 0.2) is 94.1 Å². The van der Waals surface area contributed by atoms with Gasteiger partial charge in [0.05, 0.1) is 21.6 Å². The second-order valence-electron chi connectivity index (χ2n) is 10.0. The Kier molecular flexibility index (Phi) is 6.72. The summed E-state index contributed by atoms with van der Waals surface area (Å²) in [5.41, 5.74) is 0.717. The maximum Gasteiger partial charge on any atom is 0.308 e. The number of hydrogen-bond donors (Lipinski definition) is 1. The van der Waals surface area contributed by atoms with Crippen LogP contribution < -0.4 is 15.1 Å². The molecule has 1 N–H and O–H groups in total. The SMILES string of the molecule is O=C(Cn1c2c(sc1=O)[C@@H](c1cccs1)[C@@H]1C(=O)N(c3ccc([N+](=O)[O-])cc3)C(=O)[C@@H]1S2)Nc1cccc2ccccc12. The summed E-state index contributed by atoms with van der Waals surface area (Å²) in [6.07, 6.45) is 0. The first kappa shape index (κ1) is 27.3. The van der Waals surface area contributed by atoms with Crippen molar-refractivity contribution >= 4 is 80.0 Å². The van der Waals surface area contributed by atoms with Crippen molar-refractivity contribution in [3.63, 3.8) is 0 Å². The minimum absolute atomic E-state index is 0.154. The standard InChI is InChI=1S/C30H20N4O6S3/c35-22(31-20-8-3-6-16-5-1-2-7-19(16)20)15-32-29-26(43-30(32)38)23(21-9-4-14-41-21)24-25(42-29)28(37)33(27(24)36)17-10-12-18(13-11-17)34(39)40/h1-14,23-25H,15H2,(H,31,35)/t23-,24-,25+/m0/s1. The lowest BCUT2D eigenvalue weighted by Crippen LogP contribution is -2.32. The summed E-state index contributed by atoms with van der Waals surface area (Å²) >= 11 is 3.54. The molecule has 2 aromatic heterocycles. The minimum Gasteiger partial charge on any atom is -0.324 e. The normalized spacial score (nSPS) is 19.3. The summed E-state index contributed by atoms with van der Waals surface area (Å²) in [6, 6.07) is 22.3. The highest BCUT2D eigenvalue weighted by molar-refractivity contribution is 8.00. The van der Waals surface area contributed by atoms with Crippen LogP contribution in [0, 0.1) is 16.0 Å². The number of non-ortho nitro benzene ring substituents is 1. The van der Waals surface area contributed by atoms with E-state index in [9.17, 15) is 29.3 Å². The number of thiophene rings is 1. The Morgan fingerprint density at radius 1 is 0.930 bits per heavy atom. The van der Waals surface area contributed by atoms with Gasteiger partial charge in [-0.05, 0) is 35.0 Å². The van der Waals surface area contributed by atoms with Crippen molar-refractivity contribution in [2.24, 2.45) is 5.92 Å². The monoisotopic (exact) mass is 628 g/mol. The van der Waals surface area contributed by atoms with E-state index >= 15 is 0 Å². The molecule has 4 heterocycles. The van der Waals surface area contributed by atoms with Crippen molar-refractivity contribution in [2.45, 2.75) is 22.7 Å². The smallest absolute Gasteiger partial charge is 0.308 e. The van der Waals surface area contributed by atoms with Crippen LogP contribution in [0.25, 0.3) is 10.8 Å². The maximum absolute atomic E-state index is 13.9. The van der Waals surface area contributed by atoms with Crippen molar-refractivity contribution in [2.75, 3.05) is 10.2 Å². The van der Waals surface area contributed by atoms with E-state index in [0.29, 0.717) is 15.6 Å². The first-order valence-corrected chi connectivity index (χ1v) is 15.7. The molecule has 7 rings (SSSR count). The molecule has 5 aromatic rings. The number of nitro groups is 1. The average Bonchev–Trinajstić information content (AvgIpc) is 3.70. The summed E-state index contributed by atoms with van der Waals surface area (Å²) < 4.78 is 1.38. The predicted octanol–water partition coefficient (Wildman–Crippen LogP) is 5.47. The fourth-order valence-corrected chi connectivity index (χ4v) is 9.40. The van der Waals surface area contributed by atoms with Crippen LogP contribution in [-0.4, -0.2) is 32.5 Å². The van der Waals surface area contributed by atoms with Crippen LogP contribution >= 0.6 is 34.4 Å². The Bertz CT molecular complexity index is 2000.